The SMILES string of the molecule is CC(C)NC(=O)NC(=O)COC(=O)CNC(=O)c1ccc(Oc2ccccc2)cc1. The molecular weight excluding hydrogens is 390 g/mol. The van der Waals surface area contributed by atoms with Crippen molar-refractivity contribution in [3.63, 3.8) is 0 Å². The van der Waals surface area contributed by atoms with E-state index in [0.717, 1.165) is 0 Å². The van der Waals surface area contributed by atoms with Crippen LogP contribution in [0.2, 0.25) is 0 Å². The van der Waals surface area contributed by atoms with Crippen LogP contribution in [0.4, 0.5) is 4.79 Å². The van der Waals surface area contributed by atoms with Crippen molar-refractivity contribution < 1.29 is 28.7 Å². The number of nitrogens with one attached hydrogen (secondary N) is 3. The van der Waals surface area contributed by atoms with Crippen LogP contribution in [-0.4, -0.2) is 43.0 Å². The predicted octanol–water partition coefficient (Wildman–Crippen LogP) is 1.99. The highest BCUT2D eigenvalue weighted by Crippen LogP contribution is 2.21. The Morgan fingerprint density at radius 1 is 0.900 bits per heavy atom. The summed E-state index contributed by atoms with van der Waals surface area (Å²) >= 11 is 0. The van der Waals surface area contributed by atoms with Crippen LogP contribution in [-0.2, 0) is 14.3 Å². The third-order valence-corrected chi connectivity index (χ3v) is 3.53. The summed E-state index contributed by atoms with van der Waals surface area (Å²) in [6, 6.07) is 14.7. The lowest BCUT2D eigenvalue weighted by molar-refractivity contribution is -0.147. The van der Waals surface area contributed by atoms with Gasteiger partial charge in [-0.3, -0.25) is 19.7 Å². The van der Waals surface area contributed by atoms with Gasteiger partial charge in [-0.15, -0.1) is 0 Å². The van der Waals surface area contributed by atoms with Gasteiger partial charge >= 0.3 is 12.0 Å². The van der Waals surface area contributed by atoms with E-state index >= 15 is 0 Å². The Bertz CT molecular complexity index is 881. The van der Waals surface area contributed by atoms with Crippen molar-refractivity contribution in [2.45, 2.75) is 19.9 Å². The van der Waals surface area contributed by atoms with Crippen molar-refractivity contribution in [1.29, 1.82) is 0 Å². The minimum Gasteiger partial charge on any atom is -0.457 e. The lowest BCUT2D eigenvalue weighted by Gasteiger charge is -2.10. The van der Waals surface area contributed by atoms with Gasteiger partial charge in [-0.2, -0.15) is 0 Å². The molecule has 0 aliphatic rings. The molecule has 0 fully saturated rings. The largest absolute Gasteiger partial charge is 0.457 e. The maximum Gasteiger partial charge on any atom is 0.325 e. The van der Waals surface area contributed by atoms with Crippen LogP contribution in [0.25, 0.3) is 0 Å². The number of carbonyl (C=O) groups excluding carboxylic acids is 4. The van der Waals surface area contributed by atoms with Crippen molar-refractivity contribution in [2.24, 2.45) is 0 Å². The fourth-order valence-corrected chi connectivity index (χ4v) is 2.21. The van der Waals surface area contributed by atoms with E-state index in [2.05, 4.69) is 10.6 Å². The van der Waals surface area contributed by atoms with E-state index in [1.54, 1.807) is 38.1 Å². The zero-order chi connectivity index (χ0) is 21.9. The molecule has 0 atom stereocenters. The summed E-state index contributed by atoms with van der Waals surface area (Å²) in [5.74, 6) is -0.847. The number of amides is 4. The molecule has 0 aromatic heterocycles. The minimum atomic E-state index is -0.813. The summed E-state index contributed by atoms with van der Waals surface area (Å²) in [6.45, 7) is 2.41. The summed E-state index contributed by atoms with van der Waals surface area (Å²) in [5, 5.41) is 6.87. The highest BCUT2D eigenvalue weighted by Gasteiger charge is 2.13. The molecule has 0 aliphatic heterocycles. The molecule has 2 rings (SSSR count). The Morgan fingerprint density at radius 3 is 2.17 bits per heavy atom. The molecule has 0 bridgehead atoms. The van der Waals surface area contributed by atoms with Gasteiger partial charge in [0.2, 0.25) is 0 Å². The highest BCUT2D eigenvalue weighted by atomic mass is 16.5. The topological polar surface area (TPSA) is 123 Å². The first-order valence-corrected chi connectivity index (χ1v) is 9.20. The Morgan fingerprint density at radius 2 is 1.53 bits per heavy atom. The van der Waals surface area contributed by atoms with E-state index in [9.17, 15) is 19.2 Å². The van der Waals surface area contributed by atoms with Gasteiger partial charge in [0.25, 0.3) is 11.8 Å². The van der Waals surface area contributed by atoms with E-state index in [0.29, 0.717) is 17.1 Å². The smallest absolute Gasteiger partial charge is 0.325 e. The van der Waals surface area contributed by atoms with Gasteiger partial charge in [0, 0.05) is 11.6 Å². The number of imide groups is 1. The number of hydrogen-bond acceptors (Lipinski definition) is 6. The molecule has 0 saturated carbocycles. The van der Waals surface area contributed by atoms with Crippen LogP contribution >= 0.6 is 0 Å². The van der Waals surface area contributed by atoms with Crippen LogP contribution in [0, 0.1) is 0 Å². The molecule has 0 saturated heterocycles. The van der Waals surface area contributed by atoms with Crippen LogP contribution in [0.5, 0.6) is 11.5 Å². The van der Waals surface area contributed by atoms with Crippen LogP contribution in [0.1, 0.15) is 24.2 Å². The Balaban J connectivity index is 1.72. The normalized spacial score (nSPS) is 10.1. The second kappa shape index (κ2) is 11.2. The summed E-state index contributed by atoms with van der Waals surface area (Å²) in [7, 11) is 0. The zero-order valence-corrected chi connectivity index (χ0v) is 16.6. The van der Waals surface area contributed by atoms with Gasteiger partial charge in [-0.05, 0) is 50.2 Å². The molecule has 4 amide bonds. The predicted molar refractivity (Wildman–Crippen MR) is 108 cm³/mol. The molecule has 0 heterocycles. The van der Waals surface area contributed by atoms with Gasteiger partial charge in [-0.1, -0.05) is 18.2 Å². The Kier molecular flexibility index (Phi) is 8.37. The van der Waals surface area contributed by atoms with Gasteiger partial charge in [0.1, 0.15) is 18.0 Å². The third-order valence-electron chi connectivity index (χ3n) is 3.53. The maximum atomic E-state index is 12.1. The second-order valence-corrected chi connectivity index (χ2v) is 6.46. The number of hydrogen-bond donors (Lipinski definition) is 3. The van der Waals surface area contributed by atoms with Gasteiger partial charge < -0.3 is 20.1 Å². The standard InChI is InChI=1S/C21H23N3O6/c1-14(2)23-21(28)24-18(25)13-29-19(26)12-22-20(27)15-8-10-17(11-9-15)30-16-6-4-3-5-7-16/h3-11,14H,12-13H2,1-2H3,(H,22,27)(H2,23,24,25,28). The van der Waals surface area contributed by atoms with Gasteiger partial charge in [0.15, 0.2) is 6.61 Å². The molecule has 3 N–H and O–H groups in total. The van der Waals surface area contributed by atoms with E-state index < -0.39 is 37.0 Å². The van der Waals surface area contributed by atoms with Crippen LogP contribution in [0.3, 0.4) is 0 Å². The van der Waals surface area contributed by atoms with Gasteiger partial charge in [0.05, 0.1) is 0 Å². The molecule has 30 heavy (non-hydrogen) atoms. The number of rotatable bonds is 8. The zero-order valence-electron chi connectivity index (χ0n) is 16.6. The van der Waals surface area contributed by atoms with E-state index in [1.807, 2.05) is 35.6 Å². The quantitative estimate of drug-likeness (QED) is 0.569. The maximum absolute atomic E-state index is 12.1. The minimum absolute atomic E-state index is 0.144. The first kappa shape index (κ1) is 22.4. The average molecular weight is 413 g/mol. The molecule has 2 aromatic rings. The number of esters is 1. The average Bonchev–Trinajstić information content (AvgIpc) is 2.71. The number of carbonyl (C=O) groups is 4. The summed E-state index contributed by atoms with van der Waals surface area (Å²) in [4.78, 5) is 46.7. The van der Waals surface area contributed by atoms with Gasteiger partial charge in [-0.25, -0.2) is 4.79 Å². The Hall–Kier alpha value is -3.88. The molecule has 9 heteroatoms. The van der Waals surface area contributed by atoms with Crippen molar-refractivity contribution in [3.8, 4) is 11.5 Å². The number of ether oxygens (including phenoxy) is 2. The molecular formula is C21H23N3O6. The monoisotopic (exact) mass is 413 g/mol. The van der Waals surface area contributed by atoms with E-state index in [4.69, 9.17) is 9.47 Å². The molecule has 2 aromatic carbocycles. The lowest BCUT2D eigenvalue weighted by atomic mass is 10.2. The van der Waals surface area contributed by atoms with Crippen molar-refractivity contribution in [1.82, 2.24) is 16.0 Å². The summed E-state index contributed by atoms with van der Waals surface area (Å²) in [5.41, 5.74) is 0.325. The van der Waals surface area contributed by atoms with Crippen molar-refractivity contribution >= 4 is 23.8 Å². The van der Waals surface area contributed by atoms with Crippen molar-refractivity contribution in [3.05, 3.63) is 60.2 Å². The second-order valence-electron chi connectivity index (χ2n) is 6.46. The number of benzene rings is 2. The number of urea groups is 1. The van der Waals surface area contributed by atoms with Crippen molar-refractivity contribution in [2.75, 3.05) is 13.2 Å². The van der Waals surface area contributed by atoms with E-state index in [-0.39, 0.29) is 6.04 Å². The molecule has 0 unspecified atom stereocenters. The summed E-state index contributed by atoms with van der Waals surface area (Å²) < 4.78 is 10.4. The first-order chi connectivity index (χ1) is 14.3. The molecule has 0 spiro atoms. The van der Waals surface area contributed by atoms with Crippen LogP contribution < -0.4 is 20.7 Å². The third kappa shape index (κ3) is 8.01. The van der Waals surface area contributed by atoms with Crippen LogP contribution in [0.15, 0.2) is 54.6 Å². The summed E-state index contributed by atoms with van der Waals surface area (Å²) in [6.07, 6.45) is 0. The number of para-hydroxylation sites is 1. The lowest BCUT2D eigenvalue weighted by Crippen LogP contribution is -2.44. The fraction of sp³-hybridized carbons (Fsp3) is 0.238. The Labute approximate surface area is 173 Å². The molecule has 0 radical (unpaired) electrons. The fourth-order valence-electron chi connectivity index (χ4n) is 2.21. The molecule has 158 valence electrons. The molecule has 9 nitrogen and oxygen atoms in total. The molecule has 0 aliphatic carbocycles. The van der Waals surface area contributed by atoms with E-state index in [1.165, 1.54) is 0 Å². The highest BCUT2D eigenvalue weighted by molar-refractivity contribution is 5.97. The first-order valence-electron chi connectivity index (χ1n) is 9.20.